The van der Waals surface area contributed by atoms with Crippen molar-refractivity contribution in [3.63, 3.8) is 0 Å². The fourth-order valence-electron chi connectivity index (χ4n) is 1.02. The van der Waals surface area contributed by atoms with Crippen LogP contribution in [0.15, 0.2) is 36.9 Å². The lowest BCUT2D eigenvalue weighted by molar-refractivity contribution is 0.103. The fraction of sp³-hybridized carbons (Fsp3) is 0.100. The summed E-state index contributed by atoms with van der Waals surface area (Å²) in [5, 5.41) is 0. The Balaban J connectivity index is 3.19. The van der Waals surface area contributed by atoms with Crippen molar-refractivity contribution in [2.24, 2.45) is 0 Å². The summed E-state index contributed by atoms with van der Waals surface area (Å²) in [6, 6.07) is 5.62. The highest BCUT2D eigenvalue weighted by atomic mass is 19.3. The quantitative estimate of drug-likeness (QED) is 0.518. The van der Waals surface area contributed by atoms with Crippen molar-refractivity contribution < 1.29 is 13.6 Å². The molecule has 1 aromatic rings. The molecule has 0 bridgehead atoms. The van der Waals surface area contributed by atoms with Gasteiger partial charge in [-0.15, -0.1) is 0 Å². The van der Waals surface area contributed by atoms with Crippen molar-refractivity contribution in [1.82, 2.24) is 0 Å². The highest BCUT2D eigenvalue weighted by Gasteiger charge is 2.14. The first-order chi connectivity index (χ1) is 6.16. The van der Waals surface area contributed by atoms with Crippen molar-refractivity contribution in [2.45, 2.75) is 6.43 Å². The number of hydrogen-bond acceptors (Lipinski definition) is 1. The molecular weight excluding hydrogens is 174 g/mol. The van der Waals surface area contributed by atoms with E-state index >= 15 is 0 Å². The fourth-order valence-corrected chi connectivity index (χ4v) is 1.02. The Morgan fingerprint density at radius 1 is 1.38 bits per heavy atom. The molecule has 0 aliphatic carbocycles. The van der Waals surface area contributed by atoms with Crippen molar-refractivity contribution in [3.05, 3.63) is 48.0 Å². The van der Waals surface area contributed by atoms with Crippen LogP contribution in [0.4, 0.5) is 8.78 Å². The summed E-state index contributed by atoms with van der Waals surface area (Å²) in [5.41, 5.74) is -0.222. The van der Waals surface area contributed by atoms with Crippen LogP contribution in [0.5, 0.6) is 0 Å². The second kappa shape index (κ2) is 3.94. The summed E-state index contributed by atoms with van der Waals surface area (Å²) in [5.74, 6) is -0.476. The zero-order valence-electron chi connectivity index (χ0n) is 6.84. The average molecular weight is 182 g/mol. The topological polar surface area (TPSA) is 17.1 Å². The Morgan fingerprint density at radius 3 is 2.54 bits per heavy atom. The van der Waals surface area contributed by atoms with Crippen LogP contribution in [0.25, 0.3) is 0 Å². The van der Waals surface area contributed by atoms with Crippen LogP contribution in [0.2, 0.25) is 0 Å². The van der Waals surface area contributed by atoms with Crippen LogP contribution in [-0.4, -0.2) is 5.78 Å². The van der Waals surface area contributed by atoms with E-state index in [0.717, 1.165) is 6.08 Å². The summed E-state index contributed by atoms with van der Waals surface area (Å²) in [6.07, 6.45) is -1.60. The van der Waals surface area contributed by atoms with Crippen molar-refractivity contribution in [3.8, 4) is 0 Å². The molecule has 13 heavy (non-hydrogen) atoms. The van der Waals surface area contributed by atoms with Crippen molar-refractivity contribution in [2.75, 3.05) is 0 Å². The van der Waals surface area contributed by atoms with Crippen LogP contribution in [0.1, 0.15) is 22.3 Å². The summed E-state index contributed by atoms with van der Waals surface area (Å²) in [7, 11) is 0. The molecule has 1 rings (SSSR count). The van der Waals surface area contributed by atoms with Gasteiger partial charge in [0.1, 0.15) is 0 Å². The maximum Gasteiger partial charge on any atom is 0.264 e. The van der Waals surface area contributed by atoms with Crippen LogP contribution >= 0.6 is 0 Å². The Bertz CT molecular complexity index is 331. The van der Waals surface area contributed by atoms with Gasteiger partial charge in [-0.2, -0.15) is 0 Å². The zero-order chi connectivity index (χ0) is 9.84. The average Bonchev–Trinajstić information content (AvgIpc) is 2.16. The molecule has 0 saturated carbocycles. The Kier molecular flexibility index (Phi) is 2.90. The number of rotatable bonds is 3. The van der Waals surface area contributed by atoms with E-state index in [9.17, 15) is 13.6 Å². The number of halogens is 2. The minimum absolute atomic E-state index is 0.0208. The highest BCUT2D eigenvalue weighted by molar-refractivity contribution is 6.05. The van der Waals surface area contributed by atoms with Crippen LogP contribution in [0, 0.1) is 0 Å². The number of hydrogen-bond donors (Lipinski definition) is 0. The summed E-state index contributed by atoms with van der Waals surface area (Å²) in [6.45, 7) is 3.24. The lowest BCUT2D eigenvalue weighted by Crippen LogP contribution is -2.00. The first-order valence-corrected chi connectivity index (χ1v) is 3.70. The predicted octanol–water partition coefficient (Wildman–Crippen LogP) is 2.99. The van der Waals surface area contributed by atoms with Gasteiger partial charge < -0.3 is 0 Å². The molecule has 68 valence electrons. The molecule has 0 heterocycles. The second-order valence-corrected chi connectivity index (χ2v) is 2.46. The molecule has 0 saturated heterocycles. The third kappa shape index (κ3) is 1.99. The van der Waals surface area contributed by atoms with E-state index in [1.54, 1.807) is 6.07 Å². The molecule has 0 amide bonds. The van der Waals surface area contributed by atoms with Crippen molar-refractivity contribution in [1.29, 1.82) is 0 Å². The maximum atomic E-state index is 12.3. The molecule has 1 nitrogen and oxygen atoms in total. The molecule has 0 atom stereocenters. The van der Waals surface area contributed by atoms with E-state index in [-0.39, 0.29) is 11.1 Å². The molecule has 1 aromatic carbocycles. The monoisotopic (exact) mass is 182 g/mol. The molecule has 0 radical (unpaired) electrons. The van der Waals surface area contributed by atoms with Crippen LogP contribution < -0.4 is 0 Å². The smallest absolute Gasteiger partial charge is 0.264 e. The van der Waals surface area contributed by atoms with Gasteiger partial charge in [0.05, 0.1) is 0 Å². The van der Waals surface area contributed by atoms with Gasteiger partial charge in [-0.25, -0.2) is 8.78 Å². The van der Waals surface area contributed by atoms with Crippen LogP contribution in [0.3, 0.4) is 0 Å². The Labute approximate surface area is 74.7 Å². The minimum Gasteiger partial charge on any atom is -0.289 e. The predicted molar refractivity (Wildman–Crippen MR) is 45.9 cm³/mol. The Morgan fingerprint density at radius 2 is 2.00 bits per heavy atom. The number of carbonyl (C=O) groups excluding carboxylic acids is 1. The molecule has 0 fully saturated rings. The van der Waals surface area contributed by atoms with Gasteiger partial charge in [-0.1, -0.05) is 30.8 Å². The van der Waals surface area contributed by atoms with Gasteiger partial charge in [-0.05, 0) is 6.08 Å². The minimum atomic E-state index is -2.62. The third-order valence-corrected chi connectivity index (χ3v) is 1.65. The third-order valence-electron chi connectivity index (χ3n) is 1.65. The largest absolute Gasteiger partial charge is 0.289 e. The summed E-state index contributed by atoms with van der Waals surface area (Å²) in [4.78, 5) is 11.1. The molecule has 3 heteroatoms. The SMILES string of the molecule is C=CC(=O)c1ccccc1C(F)F. The Hall–Kier alpha value is -1.51. The number of benzene rings is 1. The molecule has 0 aromatic heterocycles. The highest BCUT2D eigenvalue weighted by Crippen LogP contribution is 2.22. The van der Waals surface area contributed by atoms with Crippen LogP contribution in [-0.2, 0) is 0 Å². The van der Waals surface area contributed by atoms with E-state index < -0.39 is 12.2 Å². The summed E-state index contributed by atoms with van der Waals surface area (Å²) >= 11 is 0. The first-order valence-electron chi connectivity index (χ1n) is 3.70. The second-order valence-electron chi connectivity index (χ2n) is 2.46. The van der Waals surface area contributed by atoms with Gasteiger partial charge >= 0.3 is 0 Å². The number of alkyl halides is 2. The molecule has 0 spiro atoms. The summed E-state index contributed by atoms with van der Waals surface area (Å²) < 4.78 is 24.7. The van der Waals surface area contributed by atoms with E-state index in [1.807, 2.05) is 0 Å². The molecule has 0 aliphatic rings. The van der Waals surface area contributed by atoms with E-state index in [0.29, 0.717) is 0 Å². The first kappa shape index (κ1) is 9.58. The van der Waals surface area contributed by atoms with Gasteiger partial charge in [0.25, 0.3) is 6.43 Å². The standard InChI is InChI=1S/C10H8F2O/c1-2-9(13)7-5-3-4-6-8(7)10(11)12/h2-6,10H,1H2. The molecule has 0 N–H and O–H groups in total. The molecule has 0 aliphatic heterocycles. The van der Waals surface area contributed by atoms with Gasteiger partial charge in [-0.3, -0.25) is 4.79 Å². The van der Waals surface area contributed by atoms with E-state index in [2.05, 4.69) is 6.58 Å². The molecular formula is C10H8F2O. The molecule has 0 unspecified atom stereocenters. The maximum absolute atomic E-state index is 12.3. The van der Waals surface area contributed by atoms with Gasteiger partial charge in [0.2, 0.25) is 0 Å². The van der Waals surface area contributed by atoms with E-state index in [4.69, 9.17) is 0 Å². The normalized spacial score (nSPS) is 10.1. The number of allylic oxidation sites excluding steroid dienone is 1. The zero-order valence-corrected chi connectivity index (χ0v) is 6.84. The number of ketones is 1. The van der Waals surface area contributed by atoms with Gasteiger partial charge in [0, 0.05) is 11.1 Å². The van der Waals surface area contributed by atoms with Gasteiger partial charge in [0.15, 0.2) is 5.78 Å². The lowest BCUT2D eigenvalue weighted by Gasteiger charge is -2.04. The lowest BCUT2D eigenvalue weighted by atomic mass is 10.0. The number of carbonyl (C=O) groups is 1. The van der Waals surface area contributed by atoms with Crippen molar-refractivity contribution >= 4 is 5.78 Å². The van der Waals surface area contributed by atoms with E-state index in [1.165, 1.54) is 18.2 Å².